The molecule has 3 heteroatoms. The zero-order valence-corrected chi connectivity index (χ0v) is 33.9. The number of rotatable bonds is 7. The lowest BCUT2D eigenvalue weighted by molar-refractivity contribution is 0.669. The fourth-order valence-corrected chi connectivity index (χ4v) is 10.2. The van der Waals surface area contributed by atoms with Crippen LogP contribution in [0.2, 0.25) is 0 Å². The SMILES string of the molecule is c1cc(-c2cccc(N(c3ccc(-c4ccc5c(c4)sc4ccccc45)cc3)c3ccc(-c4ccc5oc6ccccc6c5c4)cc3)c2)cc(-c2cccc3ccccc23)c1. The van der Waals surface area contributed by atoms with Gasteiger partial charge in [-0.3, -0.25) is 0 Å². The van der Waals surface area contributed by atoms with Gasteiger partial charge in [-0.25, -0.2) is 0 Å². The summed E-state index contributed by atoms with van der Waals surface area (Å²) in [6.07, 6.45) is 0. The molecule has 12 rings (SSSR count). The van der Waals surface area contributed by atoms with E-state index in [9.17, 15) is 0 Å². The van der Waals surface area contributed by atoms with Gasteiger partial charge in [-0.05, 0) is 128 Å². The normalized spacial score (nSPS) is 11.6. The van der Waals surface area contributed by atoms with E-state index in [-0.39, 0.29) is 0 Å². The average molecular weight is 796 g/mol. The summed E-state index contributed by atoms with van der Waals surface area (Å²) in [7, 11) is 0. The van der Waals surface area contributed by atoms with Crippen LogP contribution in [0.3, 0.4) is 0 Å². The Labute approximate surface area is 357 Å². The number of hydrogen-bond donors (Lipinski definition) is 0. The maximum Gasteiger partial charge on any atom is 0.135 e. The molecule has 0 radical (unpaired) electrons. The van der Waals surface area contributed by atoms with Gasteiger partial charge in [0.05, 0.1) is 0 Å². The number of para-hydroxylation sites is 1. The summed E-state index contributed by atoms with van der Waals surface area (Å²) in [5.41, 5.74) is 14.6. The molecule has 0 saturated heterocycles. The van der Waals surface area contributed by atoms with Crippen LogP contribution in [0.15, 0.2) is 229 Å². The summed E-state index contributed by atoms with van der Waals surface area (Å²) in [5.74, 6) is 0. The van der Waals surface area contributed by atoms with Crippen LogP contribution in [0, 0.1) is 0 Å². The highest BCUT2D eigenvalue weighted by Crippen LogP contribution is 2.41. The monoisotopic (exact) mass is 795 g/mol. The Morgan fingerprint density at radius 1 is 0.295 bits per heavy atom. The van der Waals surface area contributed by atoms with Crippen LogP contribution in [0.25, 0.3) is 97.4 Å². The summed E-state index contributed by atoms with van der Waals surface area (Å²) in [6.45, 7) is 0. The van der Waals surface area contributed by atoms with Gasteiger partial charge in [-0.1, -0.05) is 152 Å². The zero-order chi connectivity index (χ0) is 40.3. The van der Waals surface area contributed by atoms with E-state index in [1.807, 2.05) is 23.5 Å². The smallest absolute Gasteiger partial charge is 0.135 e. The van der Waals surface area contributed by atoms with E-state index in [4.69, 9.17) is 4.42 Å². The van der Waals surface area contributed by atoms with Gasteiger partial charge in [-0.2, -0.15) is 0 Å². The lowest BCUT2D eigenvalue weighted by atomic mass is 9.95. The minimum absolute atomic E-state index is 0.905. The van der Waals surface area contributed by atoms with Crippen molar-refractivity contribution in [1.29, 1.82) is 0 Å². The molecule has 2 aromatic heterocycles. The van der Waals surface area contributed by atoms with E-state index in [0.717, 1.165) is 55.7 Å². The summed E-state index contributed by atoms with van der Waals surface area (Å²) >= 11 is 1.86. The second-order valence-corrected chi connectivity index (χ2v) is 16.8. The molecule has 0 aliphatic heterocycles. The number of nitrogens with zero attached hydrogens (tertiary/aromatic N) is 1. The molecule has 0 N–H and O–H groups in total. The Balaban J connectivity index is 0.936. The van der Waals surface area contributed by atoms with E-state index < -0.39 is 0 Å². The lowest BCUT2D eigenvalue weighted by Gasteiger charge is -2.26. The molecule has 0 aliphatic carbocycles. The Hall–Kier alpha value is -7.72. The third-order valence-corrected chi connectivity index (χ3v) is 13.2. The summed E-state index contributed by atoms with van der Waals surface area (Å²) < 4.78 is 8.78. The summed E-state index contributed by atoms with van der Waals surface area (Å²) in [6, 6.07) is 81.3. The standard InChI is InChI=1S/C58H37NOS/c1-2-16-49-40(10-1)11-9-19-50(49)45-14-7-12-41(34-45)42-13-8-15-48(35-42)59(46-28-22-38(23-29-46)43-27-33-56-54(36-43)51-17-3-5-20-55(51)60-56)47-30-24-39(25-31-47)44-26-32-53-52-18-4-6-21-57(52)61-58(53)37-44/h1-37H. The topological polar surface area (TPSA) is 16.4 Å². The Morgan fingerprint density at radius 3 is 1.67 bits per heavy atom. The van der Waals surface area contributed by atoms with Crippen molar-refractivity contribution >= 4 is 81.3 Å². The third kappa shape index (κ3) is 6.26. The van der Waals surface area contributed by atoms with Crippen LogP contribution >= 0.6 is 11.3 Å². The molecule has 0 saturated carbocycles. The molecule has 286 valence electrons. The van der Waals surface area contributed by atoms with Crippen molar-refractivity contribution in [2.75, 3.05) is 4.90 Å². The number of benzene rings is 10. The first-order chi connectivity index (χ1) is 30.2. The van der Waals surface area contributed by atoms with Gasteiger partial charge in [0.1, 0.15) is 11.2 Å². The minimum Gasteiger partial charge on any atom is -0.456 e. The van der Waals surface area contributed by atoms with Gasteiger partial charge < -0.3 is 9.32 Å². The molecule has 0 amide bonds. The fraction of sp³-hybridized carbons (Fsp3) is 0. The van der Waals surface area contributed by atoms with Gasteiger partial charge in [0, 0.05) is 48.0 Å². The second-order valence-electron chi connectivity index (χ2n) is 15.7. The van der Waals surface area contributed by atoms with Gasteiger partial charge in [0.15, 0.2) is 0 Å². The van der Waals surface area contributed by atoms with Crippen LogP contribution in [-0.4, -0.2) is 0 Å². The van der Waals surface area contributed by atoms with E-state index in [2.05, 4.69) is 217 Å². The van der Waals surface area contributed by atoms with E-state index in [0.29, 0.717) is 0 Å². The Bertz CT molecular complexity index is 3590. The predicted molar refractivity (Wildman–Crippen MR) is 261 cm³/mol. The van der Waals surface area contributed by atoms with Crippen molar-refractivity contribution in [3.05, 3.63) is 224 Å². The molecule has 0 spiro atoms. The largest absolute Gasteiger partial charge is 0.456 e. The molecule has 10 aromatic carbocycles. The molecule has 0 atom stereocenters. The molecule has 0 fully saturated rings. The first-order valence-electron chi connectivity index (χ1n) is 20.7. The molecule has 0 unspecified atom stereocenters. The van der Waals surface area contributed by atoms with Gasteiger partial charge >= 0.3 is 0 Å². The van der Waals surface area contributed by atoms with Crippen LogP contribution < -0.4 is 4.90 Å². The third-order valence-electron chi connectivity index (χ3n) is 12.1. The van der Waals surface area contributed by atoms with E-state index in [1.54, 1.807) is 0 Å². The van der Waals surface area contributed by atoms with Crippen molar-refractivity contribution in [3.8, 4) is 44.5 Å². The highest BCUT2D eigenvalue weighted by atomic mass is 32.1. The molecule has 61 heavy (non-hydrogen) atoms. The number of thiophene rings is 1. The van der Waals surface area contributed by atoms with Gasteiger partial charge in [0.2, 0.25) is 0 Å². The molecular formula is C58H37NOS. The first kappa shape index (κ1) is 35.2. The average Bonchev–Trinajstić information content (AvgIpc) is 3.90. The number of furan rings is 1. The number of anilines is 3. The first-order valence-corrected chi connectivity index (χ1v) is 21.5. The van der Waals surface area contributed by atoms with Crippen LogP contribution in [-0.2, 0) is 0 Å². The highest BCUT2D eigenvalue weighted by molar-refractivity contribution is 7.25. The van der Waals surface area contributed by atoms with E-state index in [1.165, 1.54) is 58.8 Å². The Kier molecular flexibility index (Phi) is 8.39. The maximum absolute atomic E-state index is 6.14. The number of fused-ring (bicyclic) bond motifs is 7. The fourth-order valence-electron chi connectivity index (χ4n) is 9.03. The van der Waals surface area contributed by atoms with Gasteiger partial charge in [0.25, 0.3) is 0 Å². The van der Waals surface area contributed by atoms with Crippen molar-refractivity contribution in [2.24, 2.45) is 0 Å². The molecular weight excluding hydrogens is 759 g/mol. The molecule has 0 aliphatic rings. The maximum atomic E-state index is 6.14. The summed E-state index contributed by atoms with van der Waals surface area (Å²) in [5, 5.41) is 7.41. The van der Waals surface area contributed by atoms with Crippen molar-refractivity contribution in [1.82, 2.24) is 0 Å². The predicted octanol–water partition coefficient (Wildman–Crippen LogP) is 17.2. The van der Waals surface area contributed by atoms with Crippen molar-refractivity contribution in [2.45, 2.75) is 0 Å². The minimum atomic E-state index is 0.905. The van der Waals surface area contributed by atoms with Crippen LogP contribution in [0.1, 0.15) is 0 Å². The Morgan fingerprint density at radius 2 is 0.852 bits per heavy atom. The van der Waals surface area contributed by atoms with Crippen molar-refractivity contribution in [3.63, 3.8) is 0 Å². The quantitative estimate of drug-likeness (QED) is 0.160. The molecule has 2 heterocycles. The summed E-state index contributed by atoms with van der Waals surface area (Å²) in [4.78, 5) is 2.37. The van der Waals surface area contributed by atoms with Gasteiger partial charge in [-0.15, -0.1) is 11.3 Å². The number of hydrogen-bond acceptors (Lipinski definition) is 3. The molecule has 2 nitrogen and oxygen atoms in total. The zero-order valence-electron chi connectivity index (χ0n) is 33.1. The lowest BCUT2D eigenvalue weighted by Crippen LogP contribution is -2.10. The molecule has 0 bridgehead atoms. The second kappa shape index (κ2) is 14.5. The van der Waals surface area contributed by atoms with Crippen LogP contribution in [0.5, 0.6) is 0 Å². The molecule has 12 aromatic rings. The van der Waals surface area contributed by atoms with E-state index >= 15 is 0 Å². The highest BCUT2D eigenvalue weighted by Gasteiger charge is 2.16. The van der Waals surface area contributed by atoms with Crippen LogP contribution in [0.4, 0.5) is 17.1 Å². The van der Waals surface area contributed by atoms with Crippen molar-refractivity contribution < 1.29 is 4.42 Å².